The molecule has 2 nitrogen and oxygen atoms in total. The molecule has 1 fully saturated rings. The topological polar surface area (TPSA) is 29.5 Å². The van der Waals surface area contributed by atoms with E-state index in [-0.39, 0.29) is 0 Å². The third kappa shape index (κ3) is 3.16. The van der Waals surface area contributed by atoms with E-state index in [4.69, 9.17) is 4.74 Å². The predicted molar refractivity (Wildman–Crippen MR) is 68.1 cm³/mol. The molecule has 0 amide bonds. The summed E-state index contributed by atoms with van der Waals surface area (Å²) in [5, 5.41) is 9.39. The van der Waals surface area contributed by atoms with Crippen molar-refractivity contribution in [3.63, 3.8) is 0 Å². The van der Waals surface area contributed by atoms with Crippen molar-refractivity contribution in [3.05, 3.63) is 29.8 Å². The number of aliphatic hydroxyl groups excluding tert-OH is 1. The number of ether oxygens (including phenoxy) is 1. The molecule has 1 heterocycles. The van der Waals surface area contributed by atoms with Crippen LogP contribution in [0, 0.1) is 0 Å². The van der Waals surface area contributed by atoms with Gasteiger partial charge in [0, 0.05) is 0 Å². The fraction of sp³-hybridized carbons (Fsp3) is 0.538. The lowest BCUT2D eigenvalue weighted by Crippen LogP contribution is -2.21. The Morgan fingerprint density at radius 1 is 1.25 bits per heavy atom. The summed E-state index contributed by atoms with van der Waals surface area (Å²) < 4.78 is 5.90. The van der Waals surface area contributed by atoms with Gasteiger partial charge in [0.2, 0.25) is 0 Å². The van der Waals surface area contributed by atoms with Gasteiger partial charge in [0.05, 0.1) is 6.10 Å². The Balaban J connectivity index is 1.93. The molecule has 0 aliphatic carbocycles. The first kappa shape index (κ1) is 11.8. The molecular formula is C13H18O2S. The van der Waals surface area contributed by atoms with Crippen molar-refractivity contribution >= 4 is 11.8 Å². The summed E-state index contributed by atoms with van der Waals surface area (Å²) in [6, 6.07) is 7.75. The van der Waals surface area contributed by atoms with Crippen molar-refractivity contribution in [2.75, 3.05) is 11.5 Å². The molecule has 1 unspecified atom stereocenters. The summed E-state index contributed by atoms with van der Waals surface area (Å²) in [7, 11) is 0. The zero-order chi connectivity index (χ0) is 11.4. The highest BCUT2D eigenvalue weighted by Crippen LogP contribution is 2.23. The van der Waals surface area contributed by atoms with Crippen LogP contribution in [0.1, 0.15) is 31.4 Å². The number of thioether (sulfide) groups is 1. The molecule has 1 aliphatic heterocycles. The molecule has 0 saturated carbocycles. The summed E-state index contributed by atoms with van der Waals surface area (Å²) in [6.45, 7) is 1.77. The maximum absolute atomic E-state index is 9.39. The van der Waals surface area contributed by atoms with Crippen LogP contribution in [-0.2, 0) is 0 Å². The molecule has 88 valence electrons. The second-order valence-corrected chi connectivity index (χ2v) is 5.40. The molecule has 0 radical (unpaired) electrons. The maximum Gasteiger partial charge on any atom is 0.119 e. The van der Waals surface area contributed by atoms with Crippen molar-refractivity contribution < 1.29 is 9.84 Å². The molecule has 1 aliphatic rings. The van der Waals surface area contributed by atoms with E-state index >= 15 is 0 Å². The van der Waals surface area contributed by atoms with Gasteiger partial charge in [-0.05, 0) is 49.0 Å². The third-order valence-corrected chi connectivity index (χ3v) is 3.88. The second kappa shape index (κ2) is 5.60. The van der Waals surface area contributed by atoms with E-state index in [9.17, 15) is 5.11 Å². The van der Waals surface area contributed by atoms with E-state index in [0.717, 1.165) is 24.2 Å². The third-order valence-electron chi connectivity index (χ3n) is 2.83. The Morgan fingerprint density at radius 2 is 1.88 bits per heavy atom. The van der Waals surface area contributed by atoms with Crippen molar-refractivity contribution in [1.82, 2.24) is 0 Å². The smallest absolute Gasteiger partial charge is 0.119 e. The van der Waals surface area contributed by atoms with Gasteiger partial charge in [-0.2, -0.15) is 11.8 Å². The van der Waals surface area contributed by atoms with E-state index in [1.54, 1.807) is 6.92 Å². The molecule has 0 spiro atoms. The Hall–Kier alpha value is -0.670. The summed E-state index contributed by atoms with van der Waals surface area (Å²) >= 11 is 2.00. The standard InChI is InChI=1S/C13H18O2S/c1-10(14)11-2-4-12(5-3-11)15-13-6-8-16-9-7-13/h2-5,10,13-14H,6-9H2,1H3. The van der Waals surface area contributed by atoms with E-state index in [2.05, 4.69) is 0 Å². The van der Waals surface area contributed by atoms with Crippen LogP contribution in [0.25, 0.3) is 0 Å². The Bertz CT molecular complexity index is 315. The predicted octanol–water partition coefficient (Wildman–Crippen LogP) is 3.01. The van der Waals surface area contributed by atoms with E-state index < -0.39 is 6.10 Å². The zero-order valence-electron chi connectivity index (χ0n) is 9.56. The summed E-state index contributed by atoms with van der Waals surface area (Å²) in [5.74, 6) is 3.33. The van der Waals surface area contributed by atoms with E-state index in [1.165, 1.54) is 11.5 Å². The lowest BCUT2D eigenvalue weighted by atomic mass is 10.1. The molecule has 3 heteroatoms. The number of hydrogen-bond acceptors (Lipinski definition) is 3. The fourth-order valence-electron chi connectivity index (χ4n) is 1.81. The lowest BCUT2D eigenvalue weighted by molar-refractivity contribution is 0.190. The van der Waals surface area contributed by atoms with Gasteiger partial charge in [0.25, 0.3) is 0 Å². The van der Waals surface area contributed by atoms with Crippen molar-refractivity contribution in [1.29, 1.82) is 0 Å². The van der Waals surface area contributed by atoms with Gasteiger partial charge in [-0.15, -0.1) is 0 Å². The fourth-order valence-corrected chi connectivity index (χ4v) is 2.87. The van der Waals surface area contributed by atoms with Crippen molar-refractivity contribution in [2.45, 2.75) is 32.0 Å². The molecule has 0 aromatic heterocycles. The number of benzene rings is 1. The monoisotopic (exact) mass is 238 g/mol. The highest BCUT2D eigenvalue weighted by atomic mass is 32.2. The van der Waals surface area contributed by atoms with E-state index in [0.29, 0.717) is 6.10 Å². The van der Waals surface area contributed by atoms with Crippen LogP contribution in [0.4, 0.5) is 0 Å². The molecule has 16 heavy (non-hydrogen) atoms. The first-order valence-corrected chi connectivity index (χ1v) is 6.93. The van der Waals surface area contributed by atoms with E-state index in [1.807, 2.05) is 36.0 Å². The highest BCUT2D eigenvalue weighted by molar-refractivity contribution is 7.99. The Morgan fingerprint density at radius 3 is 2.44 bits per heavy atom. The molecule has 1 aromatic rings. The van der Waals surface area contributed by atoms with Gasteiger partial charge in [-0.1, -0.05) is 12.1 Å². The minimum absolute atomic E-state index is 0.374. The Labute approximate surface area is 101 Å². The average molecular weight is 238 g/mol. The first-order chi connectivity index (χ1) is 7.75. The largest absolute Gasteiger partial charge is 0.490 e. The average Bonchev–Trinajstić information content (AvgIpc) is 2.31. The Kier molecular flexibility index (Phi) is 4.13. The van der Waals surface area contributed by atoms with Gasteiger partial charge >= 0.3 is 0 Å². The summed E-state index contributed by atoms with van der Waals surface area (Å²) in [4.78, 5) is 0. The SMILES string of the molecule is CC(O)c1ccc(OC2CCSCC2)cc1. The summed E-state index contributed by atoms with van der Waals surface area (Å²) in [6.07, 6.45) is 2.25. The van der Waals surface area contributed by atoms with Crippen molar-refractivity contribution in [2.24, 2.45) is 0 Å². The number of rotatable bonds is 3. The highest BCUT2D eigenvalue weighted by Gasteiger charge is 2.14. The van der Waals surface area contributed by atoms with Gasteiger partial charge in [-0.3, -0.25) is 0 Å². The van der Waals surface area contributed by atoms with Crippen LogP contribution in [0.3, 0.4) is 0 Å². The maximum atomic E-state index is 9.39. The van der Waals surface area contributed by atoms with Crippen LogP contribution in [0.2, 0.25) is 0 Å². The van der Waals surface area contributed by atoms with Gasteiger partial charge in [0.15, 0.2) is 0 Å². The number of aliphatic hydroxyl groups is 1. The minimum Gasteiger partial charge on any atom is -0.490 e. The van der Waals surface area contributed by atoms with Crippen LogP contribution < -0.4 is 4.74 Å². The van der Waals surface area contributed by atoms with Gasteiger partial charge < -0.3 is 9.84 Å². The molecule has 2 rings (SSSR count). The first-order valence-electron chi connectivity index (χ1n) is 5.78. The molecule has 1 saturated heterocycles. The lowest BCUT2D eigenvalue weighted by Gasteiger charge is -2.22. The normalized spacial score (nSPS) is 19.4. The summed E-state index contributed by atoms with van der Waals surface area (Å²) in [5.41, 5.74) is 0.937. The number of hydrogen-bond donors (Lipinski definition) is 1. The van der Waals surface area contributed by atoms with Crippen LogP contribution in [-0.4, -0.2) is 22.7 Å². The van der Waals surface area contributed by atoms with Crippen LogP contribution in [0.5, 0.6) is 5.75 Å². The molecule has 1 atom stereocenters. The minimum atomic E-state index is -0.403. The van der Waals surface area contributed by atoms with Gasteiger partial charge in [0.1, 0.15) is 11.9 Å². The molecule has 1 N–H and O–H groups in total. The molecule has 1 aromatic carbocycles. The zero-order valence-corrected chi connectivity index (χ0v) is 10.4. The second-order valence-electron chi connectivity index (χ2n) is 4.17. The molecule has 0 bridgehead atoms. The van der Waals surface area contributed by atoms with Crippen molar-refractivity contribution in [3.8, 4) is 5.75 Å². The molecular weight excluding hydrogens is 220 g/mol. The quantitative estimate of drug-likeness (QED) is 0.877. The van der Waals surface area contributed by atoms with Crippen LogP contribution in [0.15, 0.2) is 24.3 Å². The van der Waals surface area contributed by atoms with Gasteiger partial charge in [-0.25, -0.2) is 0 Å². The van der Waals surface area contributed by atoms with Crippen LogP contribution >= 0.6 is 11.8 Å².